The van der Waals surface area contributed by atoms with Gasteiger partial charge in [0, 0.05) is 30.8 Å². The Balaban J connectivity index is 2.66. The van der Waals surface area contributed by atoms with Gasteiger partial charge in [-0.2, -0.15) is 0 Å². The largest absolute Gasteiger partial charge is 0.370 e. The molecule has 1 rings (SSSR count). The summed E-state index contributed by atoms with van der Waals surface area (Å²) in [5.74, 6) is 0.186. The van der Waals surface area contributed by atoms with Crippen LogP contribution in [-0.2, 0) is 11.2 Å². The summed E-state index contributed by atoms with van der Waals surface area (Å²) >= 11 is 0. The van der Waals surface area contributed by atoms with Crippen molar-refractivity contribution in [3.63, 3.8) is 0 Å². The van der Waals surface area contributed by atoms with E-state index in [1.165, 1.54) is 0 Å². The van der Waals surface area contributed by atoms with Crippen LogP contribution in [0.4, 0.5) is 5.82 Å². The van der Waals surface area contributed by atoms with Gasteiger partial charge >= 0.3 is 0 Å². The van der Waals surface area contributed by atoms with Crippen LogP contribution in [-0.4, -0.2) is 29.9 Å². The number of carbonyl (C=O) groups is 2. The molecule has 0 unspecified atom stereocenters. The van der Waals surface area contributed by atoms with E-state index in [4.69, 9.17) is 5.73 Å². The molecule has 0 fully saturated rings. The molecule has 0 aliphatic carbocycles. The summed E-state index contributed by atoms with van der Waals surface area (Å²) in [6, 6.07) is 3.51. The molecule has 0 aliphatic rings. The van der Waals surface area contributed by atoms with E-state index >= 15 is 0 Å². The minimum absolute atomic E-state index is 0.161. The molecule has 1 heterocycles. The first-order chi connectivity index (χ1) is 9.56. The maximum atomic E-state index is 12.0. The summed E-state index contributed by atoms with van der Waals surface area (Å²) in [7, 11) is 0. The number of pyridine rings is 1. The molecule has 0 aromatic carbocycles. The monoisotopic (exact) mass is 278 g/mol. The molecule has 2 amide bonds. The van der Waals surface area contributed by atoms with E-state index in [0.717, 1.165) is 18.7 Å². The normalized spacial score (nSPS) is 10.1. The number of aryl methyl sites for hydroxylation is 1. The van der Waals surface area contributed by atoms with Gasteiger partial charge in [-0.15, -0.1) is 0 Å². The van der Waals surface area contributed by atoms with Crippen LogP contribution >= 0.6 is 0 Å². The number of aromatic nitrogens is 1. The maximum Gasteiger partial charge on any atom is 0.251 e. The van der Waals surface area contributed by atoms with Crippen molar-refractivity contribution in [2.75, 3.05) is 18.4 Å². The first-order valence-electron chi connectivity index (χ1n) is 6.88. The van der Waals surface area contributed by atoms with E-state index < -0.39 is 0 Å². The zero-order valence-electron chi connectivity index (χ0n) is 12.0. The number of nitrogens with zero attached hydrogens (tertiary/aromatic N) is 1. The summed E-state index contributed by atoms with van der Waals surface area (Å²) in [6.07, 6.45) is 1.59. The SMILES string of the molecule is CCNc1cc(C(=O)NCCCC(N)=O)cc(CC)n1. The lowest BCUT2D eigenvalue weighted by atomic mass is 10.1. The Labute approximate surface area is 119 Å². The second-order valence-corrected chi connectivity index (χ2v) is 4.44. The van der Waals surface area contributed by atoms with Crippen molar-refractivity contribution in [2.45, 2.75) is 33.1 Å². The van der Waals surface area contributed by atoms with E-state index in [2.05, 4.69) is 15.6 Å². The number of rotatable bonds is 8. The maximum absolute atomic E-state index is 12.0. The number of primary amides is 1. The first-order valence-corrected chi connectivity index (χ1v) is 6.88. The number of nitrogens with one attached hydrogen (secondary N) is 2. The third-order valence-corrected chi connectivity index (χ3v) is 2.75. The molecule has 0 aliphatic heterocycles. The lowest BCUT2D eigenvalue weighted by Gasteiger charge is -2.09. The van der Waals surface area contributed by atoms with Crippen LogP contribution in [0.1, 0.15) is 42.7 Å². The number of amides is 2. The van der Waals surface area contributed by atoms with Crippen LogP contribution in [0.15, 0.2) is 12.1 Å². The molecule has 4 N–H and O–H groups in total. The van der Waals surface area contributed by atoms with E-state index in [9.17, 15) is 9.59 Å². The number of anilines is 1. The van der Waals surface area contributed by atoms with Crippen LogP contribution in [0.5, 0.6) is 0 Å². The molecule has 0 saturated carbocycles. The molecule has 1 aromatic rings. The van der Waals surface area contributed by atoms with Crippen molar-refractivity contribution < 1.29 is 9.59 Å². The highest BCUT2D eigenvalue weighted by Gasteiger charge is 2.09. The number of nitrogens with two attached hydrogens (primary N) is 1. The highest BCUT2D eigenvalue weighted by Crippen LogP contribution is 2.11. The van der Waals surface area contributed by atoms with Crippen LogP contribution in [0.3, 0.4) is 0 Å². The number of carbonyl (C=O) groups excluding carboxylic acids is 2. The molecular weight excluding hydrogens is 256 g/mol. The molecule has 1 aromatic heterocycles. The van der Waals surface area contributed by atoms with Gasteiger partial charge < -0.3 is 16.4 Å². The summed E-state index contributed by atoms with van der Waals surface area (Å²) in [5, 5.41) is 5.88. The second kappa shape index (κ2) is 8.14. The quantitative estimate of drug-likeness (QED) is 0.620. The molecule has 6 heteroatoms. The van der Waals surface area contributed by atoms with Crippen LogP contribution in [0, 0.1) is 0 Å². The van der Waals surface area contributed by atoms with Gasteiger partial charge in [0.1, 0.15) is 5.82 Å². The topological polar surface area (TPSA) is 97.1 Å². The highest BCUT2D eigenvalue weighted by molar-refractivity contribution is 5.95. The fraction of sp³-hybridized carbons (Fsp3) is 0.500. The lowest BCUT2D eigenvalue weighted by molar-refractivity contribution is -0.118. The molecular formula is C14H22N4O2. The summed E-state index contributed by atoms with van der Waals surface area (Å²) in [6.45, 7) is 5.15. The van der Waals surface area contributed by atoms with Crippen molar-refractivity contribution in [3.05, 3.63) is 23.4 Å². The average molecular weight is 278 g/mol. The fourth-order valence-corrected chi connectivity index (χ4v) is 1.74. The van der Waals surface area contributed by atoms with Crippen LogP contribution in [0.2, 0.25) is 0 Å². The van der Waals surface area contributed by atoms with E-state index in [-0.39, 0.29) is 18.2 Å². The Hall–Kier alpha value is -2.11. The van der Waals surface area contributed by atoms with Gasteiger partial charge in [0.2, 0.25) is 5.91 Å². The smallest absolute Gasteiger partial charge is 0.251 e. The molecule has 110 valence electrons. The Morgan fingerprint density at radius 2 is 2.05 bits per heavy atom. The molecule has 0 saturated heterocycles. The third-order valence-electron chi connectivity index (χ3n) is 2.75. The van der Waals surface area contributed by atoms with Crippen molar-refractivity contribution in [1.82, 2.24) is 10.3 Å². The Bertz CT molecular complexity index is 474. The van der Waals surface area contributed by atoms with Gasteiger partial charge in [0.15, 0.2) is 0 Å². The minimum atomic E-state index is -0.356. The Kier molecular flexibility index (Phi) is 6.49. The Morgan fingerprint density at radius 1 is 1.30 bits per heavy atom. The second-order valence-electron chi connectivity index (χ2n) is 4.44. The van der Waals surface area contributed by atoms with Gasteiger partial charge in [-0.3, -0.25) is 9.59 Å². The average Bonchev–Trinajstić information content (AvgIpc) is 2.43. The van der Waals surface area contributed by atoms with Crippen LogP contribution < -0.4 is 16.4 Å². The fourth-order valence-electron chi connectivity index (χ4n) is 1.74. The number of hydrogen-bond acceptors (Lipinski definition) is 4. The van der Waals surface area contributed by atoms with Gasteiger partial charge in [-0.1, -0.05) is 6.92 Å². The van der Waals surface area contributed by atoms with Gasteiger partial charge in [0.05, 0.1) is 0 Å². The van der Waals surface area contributed by atoms with Gasteiger partial charge in [0.25, 0.3) is 5.91 Å². The minimum Gasteiger partial charge on any atom is -0.370 e. The Morgan fingerprint density at radius 3 is 2.65 bits per heavy atom. The standard InChI is InChI=1S/C14H22N4O2/c1-3-11-8-10(9-13(18-11)16-4-2)14(20)17-7-5-6-12(15)19/h8-9H,3-7H2,1-2H3,(H2,15,19)(H,16,18)(H,17,20). The molecule has 0 radical (unpaired) electrons. The highest BCUT2D eigenvalue weighted by atomic mass is 16.2. The van der Waals surface area contributed by atoms with E-state index in [1.54, 1.807) is 12.1 Å². The van der Waals surface area contributed by atoms with Gasteiger partial charge in [-0.05, 0) is 31.9 Å². The number of hydrogen-bond donors (Lipinski definition) is 3. The van der Waals surface area contributed by atoms with Crippen molar-refractivity contribution in [1.29, 1.82) is 0 Å². The van der Waals surface area contributed by atoms with Crippen molar-refractivity contribution in [3.8, 4) is 0 Å². The van der Waals surface area contributed by atoms with Crippen molar-refractivity contribution >= 4 is 17.6 Å². The molecule has 20 heavy (non-hydrogen) atoms. The predicted molar refractivity (Wildman–Crippen MR) is 78.5 cm³/mol. The molecule has 0 atom stereocenters. The van der Waals surface area contributed by atoms with Crippen molar-refractivity contribution in [2.24, 2.45) is 5.73 Å². The summed E-state index contributed by atoms with van der Waals surface area (Å²) < 4.78 is 0. The summed E-state index contributed by atoms with van der Waals surface area (Å²) in [4.78, 5) is 27.0. The molecule has 0 spiro atoms. The van der Waals surface area contributed by atoms with E-state index in [1.807, 2.05) is 13.8 Å². The molecule has 6 nitrogen and oxygen atoms in total. The van der Waals surface area contributed by atoms with Crippen LogP contribution in [0.25, 0.3) is 0 Å². The zero-order valence-corrected chi connectivity index (χ0v) is 12.0. The lowest BCUT2D eigenvalue weighted by Crippen LogP contribution is -2.26. The molecule has 0 bridgehead atoms. The summed E-state index contributed by atoms with van der Waals surface area (Å²) in [5.41, 5.74) is 6.49. The third kappa shape index (κ3) is 5.26. The first kappa shape index (κ1) is 15.9. The van der Waals surface area contributed by atoms with E-state index in [0.29, 0.717) is 24.3 Å². The van der Waals surface area contributed by atoms with Gasteiger partial charge in [-0.25, -0.2) is 4.98 Å². The predicted octanol–water partition coefficient (Wildman–Crippen LogP) is 1.07. The zero-order chi connectivity index (χ0) is 15.0.